The van der Waals surface area contributed by atoms with Gasteiger partial charge in [-0.15, -0.1) is 0 Å². The summed E-state index contributed by atoms with van der Waals surface area (Å²) in [6.45, 7) is 20.4. The van der Waals surface area contributed by atoms with E-state index in [2.05, 4.69) is 47.9 Å². The summed E-state index contributed by atoms with van der Waals surface area (Å²) in [5.74, 6) is -0.987. The van der Waals surface area contributed by atoms with Crippen LogP contribution in [0.15, 0.2) is 24.3 Å². The number of morpholine rings is 1. The summed E-state index contributed by atoms with van der Waals surface area (Å²) in [5.41, 5.74) is 6.22. The summed E-state index contributed by atoms with van der Waals surface area (Å²) in [5, 5.41) is 10.4. The van der Waals surface area contributed by atoms with Gasteiger partial charge < -0.3 is 19.5 Å². The van der Waals surface area contributed by atoms with Crippen LogP contribution in [0, 0.1) is 19.3 Å². The summed E-state index contributed by atoms with van der Waals surface area (Å²) in [6, 6.07) is 8.70. The molecule has 0 bridgehead atoms. The molecule has 38 heavy (non-hydrogen) atoms. The van der Waals surface area contributed by atoms with Crippen molar-refractivity contribution >= 4 is 11.7 Å². The lowest BCUT2D eigenvalue weighted by Crippen LogP contribution is -2.39. The van der Waals surface area contributed by atoms with Crippen molar-refractivity contribution in [1.29, 1.82) is 0 Å². The first-order valence-electron chi connectivity index (χ1n) is 13.9. The third-order valence-corrected chi connectivity index (χ3v) is 7.72. The quantitative estimate of drug-likeness (QED) is 0.494. The van der Waals surface area contributed by atoms with Crippen LogP contribution in [0.4, 0.5) is 5.69 Å². The Morgan fingerprint density at radius 1 is 1.05 bits per heavy atom. The highest BCUT2D eigenvalue weighted by molar-refractivity contribution is 5.88. The van der Waals surface area contributed by atoms with Crippen LogP contribution >= 0.6 is 0 Å². The van der Waals surface area contributed by atoms with Gasteiger partial charge >= 0.3 is 5.97 Å². The second kappa shape index (κ2) is 11.3. The second-order valence-corrected chi connectivity index (χ2v) is 12.6. The van der Waals surface area contributed by atoms with Crippen LogP contribution in [0.25, 0.3) is 11.1 Å². The van der Waals surface area contributed by atoms with Crippen molar-refractivity contribution in [2.75, 3.05) is 44.3 Å². The molecule has 7 heteroatoms. The monoisotopic (exact) mass is 523 g/mol. The molecule has 1 atom stereocenters. The average Bonchev–Trinajstić information content (AvgIpc) is 2.83. The molecule has 0 spiro atoms. The second-order valence-electron chi connectivity index (χ2n) is 12.6. The molecule has 2 aliphatic heterocycles. The fraction of sp³-hybridized carbons (Fsp3) is 0.613. The molecule has 0 radical (unpaired) electrons. The Balaban J connectivity index is 1.81. The number of nitrogens with zero attached hydrogens (tertiary/aromatic N) is 3. The van der Waals surface area contributed by atoms with Crippen LogP contribution in [-0.2, 0) is 20.8 Å². The van der Waals surface area contributed by atoms with Gasteiger partial charge in [-0.25, -0.2) is 4.79 Å². The van der Waals surface area contributed by atoms with Crippen LogP contribution in [0.3, 0.4) is 0 Å². The molecule has 2 saturated heterocycles. The highest BCUT2D eigenvalue weighted by atomic mass is 16.5. The van der Waals surface area contributed by atoms with Crippen LogP contribution in [0.1, 0.15) is 76.1 Å². The molecule has 2 aromatic rings. The van der Waals surface area contributed by atoms with Crippen molar-refractivity contribution in [1.82, 2.24) is 9.88 Å². The summed E-state index contributed by atoms with van der Waals surface area (Å²) < 4.78 is 11.7. The van der Waals surface area contributed by atoms with E-state index in [9.17, 15) is 9.90 Å². The van der Waals surface area contributed by atoms with E-state index in [1.807, 2.05) is 34.6 Å². The van der Waals surface area contributed by atoms with Crippen LogP contribution in [0.2, 0.25) is 0 Å². The van der Waals surface area contributed by atoms with Crippen molar-refractivity contribution < 1.29 is 19.4 Å². The molecular formula is C31H45N3O4. The number of aryl methyl sites for hydroxylation is 2. The third-order valence-electron chi connectivity index (χ3n) is 7.72. The van der Waals surface area contributed by atoms with Gasteiger partial charge in [0.05, 0.1) is 24.5 Å². The molecule has 2 aliphatic rings. The minimum atomic E-state index is -1.10. The lowest BCUT2D eigenvalue weighted by atomic mass is 9.81. The van der Waals surface area contributed by atoms with E-state index in [-0.39, 0.29) is 5.41 Å². The maximum absolute atomic E-state index is 12.6. The molecule has 0 saturated carbocycles. The van der Waals surface area contributed by atoms with Gasteiger partial charge in [-0.1, -0.05) is 38.1 Å². The first kappa shape index (κ1) is 28.5. The van der Waals surface area contributed by atoms with E-state index in [0.717, 1.165) is 81.3 Å². The molecule has 3 heterocycles. The number of carboxylic acid groups (broad SMARTS) is 1. The number of hydrogen-bond donors (Lipinski definition) is 1. The van der Waals surface area contributed by atoms with Gasteiger partial charge in [0.15, 0.2) is 6.10 Å². The van der Waals surface area contributed by atoms with Gasteiger partial charge in [-0.2, -0.15) is 0 Å². The Labute approximate surface area is 228 Å². The van der Waals surface area contributed by atoms with Crippen molar-refractivity contribution in [3.8, 4) is 11.1 Å². The number of carboxylic acids is 1. The highest BCUT2D eigenvalue weighted by Crippen LogP contribution is 2.44. The molecule has 2 fully saturated rings. The van der Waals surface area contributed by atoms with E-state index in [1.165, 1.54) is 5.56 Å². The van der Waals surface area contributed by atoms with E-state index < -0.39 is 17.7 Å². The largest absolute Gasteiger partial charge is 0.479 e. The van der Waals surface area contributed by atoms with Crippen molar-refractivity contribution in [2.45, 2.75) is 79.6 Å². The smallest absolute Gasteiger partial charge is 0.337 e. The lowest BCUT2D eigenvalue weighted by Gasteiger charge is -2.41. The Morgan fingerprint density at radius 2 is 1.66 bits per heavy atom. The number of rotatable bonds is 7. The zero-order valence-corrected chi connectivity index (χ0v) is 24.3. The number of aliphatic carboxylic acids is 1. The van der Waals surface area contributed by atoms with Crippen molar-refractivity contribution in [3.63, 3.8) is 0 Å². The van der Waals surface area contributed by atoms with Gasteiger partial charge in [0, 0.05) is 55.2 Å². The third kappa shape index (κ3) is 6.74. The van der Waals surface area contributed by atoms with E-state index >= 15 is 0 Å². The fourth-order valence-corrected chi connectivity index (χ4v) is 5.55. The SMILES string of the molecule is Cc1nc(C)c([C@H](OC(C)(C)C)C(=O)O)c(N2CCC(C)(C)CC2)c1-c1ccc(CN2CCOCC2)cc1. The Bertz CT molecular complexity index is 1120. The molecule has 4 rings (SSSR count). The minimum absolute atomic E-state index is 0.267. The van der Waals surface area contributed by atoms with Crippen LogP contribution < -0.4 is 4.90 Å². The highest BCUT2D eigenvalue weighted by Gasteiger charge is 2.36. The predicted molar refractivity (Wildman–Crippen MR) is 152 cm³/mol. The summed E-state index contributed by atoms with van der Waals surface area (Å²) >= 11 is 0. The zero-order chi connectivity index (χ0) is 27.7. The molecule has 1 N–H and O–H groups in total. The molecule has 208 valence electrons. The number of piperidine rings is 1. The van der Waals surface area contributed by atoms with Crippen LogP contribution in [0.5, 0.6) is 0 Å². The molecule has 1 aromatic carbocycles. The van der Waals surface area contributed by atoms with Crippen molar-refractivity contribution in [3.05, 3.63) is 46.8 Å². The normalized spacial score (nSPS) is 19.4. The molecule has 0 aliphatic carbocycles. The van der Waals surface area contributed by atoms with Crippen LogP contribution in [-0.4, -0.2) is 66.0 Å². The van der Waals surface area contributed by atoms with Gasteiger partial charge in [0.1, 0.15) is 0 Å². The average molecular weight is 524 g/mol. The maximum Gasteiger partial charge on any atom is 0.337 e. The number of benzene rings is 1. The summed E-state index contributed by atoms with van der Waals surface area (Å²) in [7, 11) is 0. The molecular weight excluding hydrogens is 478 g/mol. The van der Waals surface area contributed by atoms with Gasteiger partial charge in [0.2, 0.25) is 0 Å². The number of pyridine rings is 1. The number of anilines is 1. The topological polar surface area (TPSA) is 75.1 Å². The Hall–Kier alpha value is -2.48. The Morgan fingerprint density at radius 3 is 2.21 bits per heavy atom. The predicted octanol–water partition coefficient (Wildman–Crippen LogP) is 5.76. The molecule has 1 aromatic heterocycles. The lowest BCUT2D eigenvalue weighted by molar-refractivity contribution is -0.160. The summed E-state index contributed by atoms with van der Waals surface area (Å²) in [6.07, 6.45) is 0.984. The number of hydrogen-bond acceptors (Lipinski definition) is 6. The van der Waals surface area contributed by atoms with Crippen molar-refractivity contribution in [2.24, 2.45) is 5.41 Å². The summed E-state index contributed by atoms with van der Waals surface area (Å²) in [4.78, 5) is 22.3. The Kier molecular flexibility index (Phi) is 8.50. The molecule has 0 amide bonds. The van der Waals surface area contributed by atoms with Gasteiger partial charge in [0.25, 0.3) is 0 Å². The number of aromatic nitrogens is 1. The standard InChI is InChI=1S/C31H45N3O4/c1-21-25(24-10-8-23(9-11-24)20-33-16-18-37-19-17-33)27(34-14-12-31(6,7)13-15-34)26(22(2)32-21)28(29(35)36)38-30(3,4)5/h8-11,28H,12-20H2,1-7H3,(H,35,36)/t28-/m0/s1. The minimum Gasteiger partial charge on any atom is -0.479 e. The van der Waals surface area contributed by atoms with E-state index in [0.29, 0.717) is 11.3 Å². The molecule has 7 nitrogen and oxygen atoms in total. The first-order chi connectivity index (χ1) is 17.8. The number of carbonyl (C=O) groups is 1. The molecule has 0 unspecified atom stereocenters. The number of ether oxygens (including phenoxy) is 2. The van der Waals surface area contributed by atoms with Gasteiger partial charge in [-0.05, 0) is 64.0 Å². The fourth-order valence-electron chi connectivity index (χ4n) is 5.55. The van der Waals surface area contributed by atoms with Gasteiger partial charge in [-0.3, -0.25) is 9.88 Å². The first-order valence-corrected chi connectivity index (χ1v) is 13.9. The maximum atomic E-state index is 12.6. The van der Waals surface area contributed by atoms with E-state index in [1.54, 1.807) is 0 Å². The zero-order valence-electron chi connectivity index (χ0n) is 24.3. The van der Waals surface area contributed by atoms with E-state index in [4.69, 9.17) is 14.5 Å².